The molecule has 2 aromatic carbocycles. The van der Waals surface area contributed by atoms with E-state index in [2.05, 4.69) is 47.8 Å². The Morgan fingerprint density at radius 3 is 2.42 bits per heavy atom. The Labute approximate surface area is 114 Å². The van der Waals surface area contributed by atoms with Crippen LogP contribution in [0.1, 0.15) is 25.7 Å². The summed E-state index contributed by atoms with van der Waals surface area (Å²) in [4.78, 5) is 0. The average molecular weight is 255 g/mol. The fourth-order valence-electron chi connectivity index (χ4n) is 2.96. The lowest BCUT2D eigenvalue weighted by Crippen LogP contribution is -2.29. The second-order valence-corrected chi connectivity index (χ2v) is 5.42. The standard InChI is InChI=1S/C17H21NO/c1-19-17-10-8-15(9-11-17)18-16-7-6-13-4-2-3-5-14(13)12-16/h2-7,12,15,17-18H,8-11H2,1H3. The van der Waals surface area contributed by atoms with Gasteiger partial charge in [-0.1, -0.05) is 30.3 Å². The van der Waals surface area contributed by atoms with E-state index in [0.717, 1.165) is 0 Å². The SMILES string of the molecule is COC1CCC(Nc2ccc3ccccc3c2)CC1. The molecule has 0 heterocycles. The fraction of sp³-hybridized carbons (Fsp3) is 0.412. The Balaban J connectivity index is 1.68. The van der Waals surface area contributed by atoms with Crippen LogP contribution in [0.15, 0.2) is 42.5 Å². The van der Waals surface area contributed by atoms with Crippen LogP contribution in [0, 0.1) is 0 Å². The van der Waals surface area contributed by atoms with E-state index in [9.17, 15) is 0 Å². The molecule has 0 unspecified atom stereocenters. The van der Waals surface area contributed by atoms with Gasteiger partial charge in [-0.05, 0) is 48.6 Å². The smallest absolute Gasteiger partial charge is 0.0572 e. The van der Waals surface area contributed by atoms with Gasteiger partial charge in [0.1, 0.15) is 0 Å². The molecule has 1 aliphatic rings. The lowest BCUT2D eigenvalue weighted by Gasteiger charge is -2.29. The topological polar surface area (TPSA) is 21.3 Å². The Kier molecular flexibility index (Phi) is 3.69. The summed E-state index contributed by atoms with van der Waals surface area (Å²) in [6, 6.07) is 15.7. The number of fused-ring (bicyclic) bond motifs is 1. The Hall–Kier alpha value is -1.54. The minimum absolute atomic E-state index is 0.467. The van der Waals surface area contributed by atoms with Crippen molar-refractivity contribution in [2.45, 2.75) is 37.8 Å². The highest BCUT2D eigenvalue weighted by Crippen LogP contribution is 2.25. The van der Waals surface area contributed by atoms with Crippen LogP contribution in [0.3, 0.4) is 0 Å². The molecule has 0 amide bonds. The molecule has 1 N–H and O–H groups in total. The zero-order valence-electron chi connectivity index (χ0n) is 11.4. The first kappa shape index (κ1) is 12.5. The molecule has 0 atom stereocenters. The lowest BCUT2D eigenvalue weighted by molar-refractivity contribution is 0.0682. The molecule has 2 heteroatoms. The van der Waals surface area contributed by atoms with Crippen molar-refractivity contribution in [3.63, 3.8) is 0 Å². The van der Waals surface area contributed by atoms with Gasteiger partial charge in [-0.2, -0.15) is 0 Å². The number of rotatable bonds is 3. The predicted octanol–water partition coefficient (Wildman–Crippen LogP) is 4.21. The normalized spacial score (nSPS) is 23.4. The predicted molar refractivity (Wildman–Crippen MR) is 80.6 cm³/mol. The number of nitrogens with one attached hydrogen (secondary N) is 1. The van der Waals surface area contributed by atoms with E-state index < -0.39 is 0 Å². The van der Waals surface area contributed by atoms with Gasteiger partial charge in [0.25, 0.3) is 0 Å². The summed E-state index contributed by atoms with van der Waals surface area (Å²) in [6.07, 6.45) is 5.20. The van der Waals surface area contributed by atoms with Crippen molar-refractivity contribution in [3.8, 4) is 0 Å². The summed E-state index contributed by atoms with van der Waals surface area (Å²) in [5.41, 5.74) is 1.24. The molecule has 0 saturated heterocycles. The monoisotopic (exact) mass is 255 g/mol. The number of benzene rings is 2. The first-order valence-corrected chi connectivity index (χ1v) is 7.13. The maximum absolute atomic E-state index is 5.42. The molecule has 100 valence electrons. The van der Waals surface area contributed by atoms with Crippen LogP contribution < -0.4 is 5.32 Å². The molecule has 2 nitrogen and oxygen atoms in total. The van der Waals surface area contributed by atoms with Gasteiger partial charge in [-0.3, -0.25) is 0 Å². The van der Waals surface area contributed by atoms with E-state index in [1.165, 1.54) is 42.1 Å². The molecule has 0 aromatic heterocycles. The lowest BCUT2D eigenvalue weighted by atomic mass is 9.92. The molecule has 3 rings (SSSR count). The zero-order valence-corrected chi connectivity index (χ0v) is 11.4. The third kappa shape index (κ3) is 2.90. The average Bonchev–Trinajstić information content (AvgIpc) is 2.48. The van der Waals surface area contributed by atoms with Gasteiger partial charge in [0.2, 0.25) is 0 Å². The summed E-state index contributed by atoms with van der Waals surface area (Å²) in [7, 11) is 1.82. The Bertz CT molecular complexity index is 544. The molecule has 1 fully saturated rings. The second kappa shape index (κ2) is 5.62. The van der Waals surface area contributed by atoms with Gasteiger partial charge in [0, 0.05) is 18.8 Å². The summed E-state index contributed by atoms with van der Waals surface area (Å²) >= 11 is 0. The molecule has 0 radical (unpaired) electrons. The van der Waals surface area contributed by atoms with Crippen molar-refractivity contribution in [1.82, 2.24) is 0 Å². The van der Waals surface area contributed by atoms with E-state index in [1.807, 2.05) is 7.11 Å². The fourth-order valence-corrected chi connectivity index (χ4v) is 2.96. The first-order valence-electron chi connectivity index (χ1n) is 7.13. The van der Waals surface area contributed by atoms with Crippen LogP contribution in [0.5, 0.6) is 0 Å². The molecular weight excluding hydrogens is 234 g/mol. The van der Waals surface area contributed by atoms with Crippen molar-refractivity contribution in [1.29, 1.82) is 0 Å². The largest absolute Gasteiger partial charge is 0.382 e. The van der Waals surface area contributed by atoms with E-state index in [1.54, 1.807) is 0 Å². The molecule has 19 heavy (non-hydrogen) atoms. The first-order chi connectivity index (χ1) is 9.35. The van der Waals surface area contributed by atoms with Crippen LogP contribution in [-0.2, 0) is 4.74 Å². The Morgan fingerprint density at radius 2 is 1.68 bits per heavy atom. The quantitative estimate of drug-likeness (QED) is 0.887. The van der Waals surface area contributed by atoms with Gasteiger partial charge in [0.05, 0.1) is 6.10 Å². The molecule has 1 saturated carbocycles. The zero-order chi connectivity index (χ0) is 13.1. The highest BCUT2D eigenvalue weighted by Gasteiger charge is 2.20. The van der Waals surface area contributed by atoms with Gasteiger partial charge in [-0.15, -0.1) is 0 Å². The number of hydrogen-bond donors (Lipinski definition) is 1. The van der Waals surface area contributed by atoms with Gasteiger partial charge >= 0.3 is 0 Å². The molecule has 1 aliphatic carbocycles. The van der Waals surface area contributed by atoms with Crippen LogP contribution in [-0.4, -0.2) is 19.3 Å². The molecule has 0 aliphatic heterocycles. The van der Waals surface area contributed by atoms with E-state index in [4.69, 9.17) is 4.74 Å². The molecule has 0 spiro atoms. The summed E-state index contributed by atoms with van der Waals surface area (Å²) in [5, 5.41) is 6.27. The van der Waals surface area contributed by atoms with Gasteiger partial charge in [-0.25, -0.2) is 0 Å². The maximum atomic E-state index is 5.42. The van der Waals surface area contributed by atoms with Crippen molar-refractivity contribution in [2.75, 3.05) is 12.4 Å². The third-order valence-electron chi connectivity index (χ3n) is 4.13. The minimum Gasteiger partial charge on any atom is -0.382 e. The highest BCUT2D eigenvalue weighted by atomic mass is 16.5. The molecule has 2 aromatic rings. The number of ether oxygens (including phenoxy) is 1. The van der Waals surface area contributed by atoms with Crippen LogP contribution in [0.4, 0.5) is 5.69 Å². The van der Waals surface area contributed by atoms with Crippen LogP contribution in [0.25, 0.3) is 10.8 Å². The molecule has 0 bridgehead atoms. The van der Waals surface area contributed by atoms with Crippen molar-refractivity contribution in [3.05, 3.63) is 42.5 Å². The number of hydrogen-bond acceptors (Lipinski definition) is 2. The van der Waals surface area contributed by atoms with Crippen molar-refractivity contribution < 1.29 is 4.74 Å². The Morgan fingerprint density at radius 1 is 0.947 bits per heavy atom. The van der Waals surface area contributed by atoms with E-state index >= 15 is 0 Å². The number of methoxy groups -OCH3 is 1. The summed E-state index contributed by atoms with van der Waals surface area (Å²) in [5.74, 6) is 0. The summed E-state index contributed by atoms with van der Waals surface area (Å²) < 4.78 is 5.42. The van der Waals surface area contributed by atoms with Crippen molar-refractivity contribution >= 4 is 16.5 Å². The number of anilines is 1. The van der Waals surface area contributed by atoms with E-state index in [0.29, 0.717) is 12.1 Å². The summed E-state index contributed by atoms with van der Waals surface area (Å²) in [6.45, 7) is 0. The van der Waals surface area contributed by atoms with Gasteiger partial charge in [0.15, 0.2) is 0 Å². The molecular formula is C17H21NO. The second-order valence-electron chi connectivity index (χ2n) is 5.42. The highest BCUT2D eigenvalue weighted by molar-refractivity contribution is 5.85. The third-order valence-corrected chi connectivity index (χ3v) is 4.13. The van der Waals surface area contributed by atoms with Crippen LogP contribution in [0.2, 0.25) is 0 Å². The van der Waals surface area contributed by atoms with Gasteiger partial charge < -0.3 is 10.1 Å². The maximum Gasteiger partial charge on any atom is 0.0572 e. The van der Waals surface area contributed by atoms with E-state index in [-0.39, 0.29) is 0 Å². The van der Waals surface area contributed by atoms with Crippen molar-refractivity contribution in [2.24, 2.45) is 0 Å². The minimum atomic E-state index is 0.467. The van der Waals surface area contributed by atoms with Crippen LogP contribution >= 0.6 is 0 Å².